The molecule has 0 aliphatic rings. The molecule has 0 amide bonds. The van der Waals surface area contributed by atoms with Crippen molar-refractivity contribution < 1.29 is 4.74 Å². The van der Waals surface area contributed by atoms with Crippen molar-refractivity contribution in [3.05, 3.63) is 80.9 Å². The van der Waals surface area contributed by atoms with Crippen LogP contribution in [-0.2, 0) is 6.61 Å². The number of nitrogens with zero attached hydrogens (tertiary/aromatic N) is 4. The van der Waals surface area contributed by atoms with Gasteiger partial charge in [0, 0.05) is 5.56 Å². The molecule has 0 spiro atoms. The molecule has 0 radical (unpaired) electrons. The number of fused-ring (bicyclic) bond motifs is 1. The van der Waals surface area contributed by atoms with Gasteiger partial charge < -0.3 is 4.74 Å². The third-order valence-electron chi connectivity index (χ3n) is 4.15. The van der Waals surface area contributed by atoms with Crippen molar-refractivity contribution in [2.45, 2.75) is 6.61 Å². The zero-order valence-electron chi connectivity index (χ0n) is 14.2. The predicted molar refractivity (Wildman–Crippen MR) is 109 cm³/mol. The quantitative estimate of drug-likeness (QED) is 0.384. The summed E-state index contributed by atoms with van der Waals surface area (Å²) in [6.45, 7) is 0.472. The molecule has 0 aliphatic carbocycles. The van der Waals surface area contributed by atoms with Crippen molar-refractivity contribution >= 4 is 40.4 Å². The van der Waals surface area contributed by atoms with Crippen molar-refractivity contribution in [3.63, 3.8) is 0 Å². The Balaban J connectivity index is 1.67. The van der Waals surface area contributed by atoms with Crippen LogP contribution in [-0.4, -0.2) is 14.6 Å². The zero-order chi connectivity index (χ0) is 19.7. The maximum atomic E-state index is 9.32. The number of halogens is 3. The number of nitriles is 1. The van der Waals surface area contributed by atoms with Gasteiger partial charge in [-0.3, -0.25) is 4.40 Å². The number of benzene rings is 2. The lowest BCUT2D eigenvalue weighted by Crippen LogP contribution is -1.97. The summed E-state index contributed by atoms with van der Waals surface area (Å²) in [6.07, 6.45) is 0. The van der Waals surface area contributed by atoms with E-state index in [1.54, 1.807) is 0 Å². The maximum Gasteiger partial charge on any atom is 0.182 e. The molecule has 0 saturated heterocycles. The number of rotatable bonds is 4. The number of aromatic nitrogens is 3. The molecule has 4 rings (SSSR count). The van der Waals surface area contributed by atoms with E-state index in [0.29, 0.717) is 18.2 Å². The highest BCUT2D eigenvalue weighted by Crippen LogP contribution is 2.36. The van der Waals surface area contributed by atoms with Crippen molar-refractivity contribution in [3.8, 4) is 23.2 Å². The van der Waals surface area contributed by atoms with E-state index in [1.165, 1.54) is 4.40 Å². The normalized spacial score (nSPS) is 10.8. The summed E-state index contributed by atoms with van der Waals surface area (Å²) in [4.78, 5) is 0. The minimum atomic E-state index is 0.0604. The highest BCUT2D eigenvalue weighted by atomic mass is 35.5. The van der Waals surface area contributed by atoms with E-state index in [2.05, 4.69) is 10.2 Å². The highest BCUT2D eigenvalue weighted by Gasteiger charge is 2.21. The van der Waals surface area contributed by atoms with E-state index in [-0.39, 0.29) is 26.4 Å². The summed E-state index contributed by atoms with van der Waals surface area (Å²) >= 11 is 18.7. The second-order valence-corrected chi connectivity index (χ2v) is 7.00. The smallest absolute Gasteiger partial charge is 0.182 e. The van der Waals surface area contributed by atoms with Crippen molar-refractivity contribution in [1.82, 2.24) is 14.6 Å². The van der Waals surface area contributed by atoms with Gasteiger partial charge >= 0.3 is 0 Å². The lowest BCUT2D eigenvalue weighted by Gasteiger charge is -2.09. The van der Waals surface area contributed by atoms with Gasteiger partial charge in [-0.05, 0) is 29.8 Å². The topological polar surface area (TPSA) is 63.2 Å². The lowest BCUT2D eigenvalue weighted by molar-refractivity contribution is 0.306. The largest absolute Gasteiger partial charge is 0.489 e. The van der Waals surface area contributed by atoms with Crippen LogP contribution < -0.4 is 4.74 Å². The van der Waals surface area contributed by atoms with Gasteiger partial charge in [0.2, 0.25) is 0 Å². The molecular formula is C20H11Cl3N4O. The van der Waals surface area contributed by atoms with Gasteiger partial charge in [0.15, 0.2) is 11.5 Å². The van der Waals surface area contributed by atoms with Gasteiger partial charge in [-0.25, -0.2) is 0 Å². The third kappa shape index (κ3) is 3.27. The fraction of sp³-hybridized carbons (Fsp3) is 0.0500. The van der Waals surface area contributed by atoms with Gasteiger partial charge in [0.1, 0.15) is 34.2 Å². The second kappa shape index (κ2) is 7.69. The summed E-state index contributed by atoms with van der Waals surface area (Å²) in [5.41, 5.74) is 2.18. The summed E-state index contributed by atoms with van der Waals surface area (Å²) in [5, 5.41) is 17.8. The molecule has 138 valence electrons. The van der Waals surface area contributed by atoms with Gasteiger partial charge in [-0.1, -0.05) is 65.1 Å². The Morgan fingerprint density at radius 3 is 2.32 bits per heavy atom. The zero-order valence-corrected chi connectivity index (χ0v) is 16.5. The van der Waals surface area contributed by atoms with Crippen LogP contribution in [0.5, 0.6) is 5.75 Å². The van der Waals surface area contributed by atoms with Gasteiger partial charge in [-0.2, -0.15) is 5.26 Å². The average Bonchev–Trinajstić information content (AvgIpc) is 3.18. The van der Waals surface area contributed by atoms with Crippen LogP contribution >= 0.6 is 34.8 Å². The van der Waals surface area contributed by atoms with Crippen LogP contribution in [0.25, 0.3) is 17.0 Å². The summed E-state index contributed by atoms with van der Waals surface area (Å²) in [7, 11) is 0. The van der Waals surface area contributed by atoms with E-state index in [0.717, 1.165) is 11.1 Å². The SMILES string of the molecule is N#Cc1c(Cl)c(Cl)c2nnc(-c3ccc(OCc4ccccc4)cc3)n2c1Cl. The number of pyridine rings is 1. The lowest BCUT2D eigenvalue weighted by atomic mass is 10.2. The molecule has 0 aliphatic heterocycles. The molecule has 0 bridgehead atoms. The summed E-state index contributed by atoms with van der Waals surface area (Å²) in [6, 6.07) is 19.2. The van der Waals surface area contributed by atoms with Crippen molar-refractivity contribution in [2.75, 3.05) is 0 Å². The Morgan fingerprint density at radius 1 is 0.929 bits per heavy atom. The molecule has 0 saturated carbocycles. The summed E-state index contributed by atoms with van der Waals surface area (Å²) in [5.74, 6) is 1.16. The predicted octanol–water partition coefficient (Wildman–Crippen LogP) is 5.81. The molecule has 28 heavy (non-hydrogen) atoms. The Morgan fingerprint density at radius 2 is 1.64 bits per heavy atom. The minimum Gasteiger partial charge on any atom is -0.489 e. The molecule has 0 fully saturated rings. The Kier molecular flexibility index (Phi) is 5.10. The minimum absolute atomic E-state index is 0.0604. The molecule has 2 aromatic heterocycles. The first-order valence-corrected chi connectivity index (χ1v) is 9.32. The molecule has 5 nitrogen and oxygen atoms in total. The van der Waals surface area contributed by atoms with Crippen LogP contribution in [0, 0.1) is 11.3 Å². The van der Waals surface area contributed by atoms with Crippen LogP contribution in [0.1, 0.15) is 11.1 Å². The second-order valence-electron chi connectivity index (χ2n) is 5.89. The number of hydrogen-bond acceptors (Lipinski definition) is 4. The Bertz CT molecular complexity index is 1200. The Labute approximate surface area is 175 Å². The van der Waals surface area contributed by atoms with Gasteiger partial charge in [0.25, 0.3) is 0 Å². The Hall–Kier alpha value is -2.78. The van der Waals surface area contributed by atoms with E-state index in [1.807, 2.05) is 60.7 Å². The molecule has 4 aromatic rings. The van der Waals surface area contributed by atoms with Gasteiger partial charge in [-0.15, -0.1) is 10.2 Å². The third-order valence-corrected chi connectivity index (χ3v) is 5.34. The first-order valence-electron chi connectivity index (χ1n) is 8.19. The molecule has 8 heteroatoms. The molecule has 0 unspecified atom stereocenters. The van der Waals surface area contributed by atoms with Gasteiger partial charge in [0.05, 0.1) is 5.02 Å². The number of ether oxygens (including phenoxy) is 1. The standard InChI is InChI=1S/C20H11Cl3N4O/c21-16-15(10-24)18(23)27-19(25-26-20(27)17(16)22)13-6-8-14(9-7-13)28-11-12-4-2-1-3-5-12/h1-9H,11H2. The molecular weight excluding hydrogens is 419 g/mol. The van der Waals surface area contributed by atoms with E-state index >= 15 is 0 Å². The molecule has 2 aromatic carbocycles. The molecule has 0 N–H and O–H groups in total. The van der Waals surface area contributed by atoms with Crippen LogP contribution in [0.2, 0.25) is 15.2 Å². The van der Waals surface area contributed by atoms with E-state index < -0.39 is 0 Å². The first kappa shape index (κ1) is 18.6. The molecule has 2 heterocycles. The number of hydrogen-bond donors (Lipinski definition) is 0. The summed E-state index contributed by atoms with van der Waals surface area (Å²) < 4.78 is 7.30. The maximum absolute atomic E-state index is 9.32. The fourth-order valence-electron chi connectivity index (χ4n) is 2.75. The fourth-order valence-corrected chi connectivity index (χ4v) is 3.52. The van der Waals surface area contributed by atoms with Crippen LogP contribution in [0.15, 0.2) is 54.6 Å². The van der Waals surface area contributed by atoms with E-state index in [4.69, 9.17) is 39.5 Å². The van der Waals surface area contributed by atoms with Crippen LogP contribution in [0.4, 0.5) is 0 Å². The average molecular weight is 430 g/mol. The van der Waals surface area contributed by atoms with Crippen LogP contribution in [0.3, 0.4) is 0 Å². The first-order chi connectivity index (χ1) is 13.6. The van der Waals surface area contributed by atoms with E-state index in [9.17, 15) is 5.26 Å². The van der Waals surface area contributed by atoms with Crippen molar-refractivity contribution in [1.29, 1.82) is 5.26 Å². The highest BCUT2D eigenvalue weighted by molar-refractivity contribution is 6.46. The molecule has 0 atom stereocenters. The van der Waals surface area contributed by atoms with Crippen molar-refractivity contribution in [2.24, 2.45) is 0 Å². The monoisotopic (exact) mass is 428 g/mol.